The monoisotopic (exact) mass is 282 g/mol. The van der Waals surface area contributed by atoms with Crippen LogP contribution in [0.25, 0.3) is 0 Å². The Morgan fingerprint density at radius 2 is 1.89 bits per heavy atom. The molecule has 1 aromatic rings. The van der Waals surface area contributed by atoms with E-state index in [0.717, 1.165) is 12.3 Å². The second-order valence-corrected chi connectivity index (χ2v) is 6.21. The number of nitrogens with zero attached hydrogens (tertiary/aromatic N) is 2. The zero-order chi connectivity index (χ0) is 13.1. The van der Waals surface area contributed by atoms with Gasteiger partial charge in [-0.05, 0) is 69.1 Å². The van der Waals surface area contributed by atoms with E-state index in [-0.39, 0.29) is 0 Å². The van der Waals surface area contributed by atoms with Crippen molar-refractivity contribution in [3.05, 3.63) is 23.1 Å². The van der Waals surface area contributed by atoms with Crippen molar-refractivity contribution in [2.75, 3.05) is 26.2 Å². The first-order valence-corrected chi connectivity index (χ1v) is 7.90. The van der Waals surface area contributed by atoms with Crippen LogP contribution in [0.5, 0.6) is 0 Å². The van der Waals surface area contributed by atoms with Gasteiger partial charge in [-0.2, -0.15) is 0 Å². The minimum atomic E-state index is 0.503. The fourth-order valence-corrected chi connectivity index (χ4v) is 3.54. The zero-order valence-electron chi connectivity index (χ0n) is 11.5. The van der Waals surface area contributed by atoms with E-state index < -0.39 is 0 Å². The summed E-state index contributed by atoms with van der Waals surface area (Å²) in [6.07, 6.45) is 6.75. The molecule has 1 atom stereocenters. The van der Waals surface area contributed by atoms with Crippen molar-refractivity contribution in [1.29, 1.82) is 0 Å². The average molecular weight is 283 g/mol. The Morgan fingerprint density at radius 1 is 1.11 bits per heavy atom. The Morgan fingerprint density at radius 3 is 2.63 bits per heavy atom. The van der Waals surface area contributed by atoms with E-state index in [1.165, 1.54) is 58.3 Å². The van der Waals surface area contributed by atoms with Gasteiger partial charge in [-0.1, -0.05) is 6.42 Å². The number of hydrogen-bond acceptors (Lipinski definition) is 3. The lowest BCUT2D eigenvalue weighted by molar-refractivity contribution is 0.0993. The topological polar surface area (TPSA) is 19.6 Å². The van der Waals surface area contributed by atoms with Gasteiger partial charge in [-0.3, -0.25) is 4.90 Å². The summed E-state index contributed by atoms with van der Waals surface area (Å²) in [7, 11) is 0. The van der Waals surface area contributed by atoms with Gasteiger partial charge in [0.15, 0.2) is 5.22 Å². The van der Waals surface area contributed by atoms with Gasteiger partial charge < -0.3 is 9.32 Å². The third kappa shape index (κ3) is 3.53. The molecule has 1 aromatic heterocycles. The van der Waals surface area contributed by atoms with Gasteiger partial charge >= 0.3 is 0 Å². The summed E-state index contributed by atoms with van der Waals surface area (Å²) in [4.78, 5) is 5.20. The van der Waals surface area contributed by atoms with Gasteiger partial charge in [0.1, 0.15) is 5.76 Å². The van der Waals surface area contributed by atoms with Gasteiger partial charge in [0.05, 0.1) is 6.54 Å². The van der Waals surface area contributed by atoms with Gasteiger partial charge in [0.2, 0.25) is 0 Å². The van der Waals surface area contributed by atoms with Crippen molar-refractivity contribution in [1.82, 2.24) is 9.80 Å². The summed E-state index contributed by atoms with van der Waals surface area (Å²) >= 11 is 5.86. The van der Waals surface area contributed by atoms with Crippen LogP contribution in [0, 0.1) is 0 Å². The summed E-state index contributed by atoms with van der Waals surface area (Å²) in [5.74, 6) is 0.998. The third-order valence-electron chi connectivity index (χ3n) is 4.40. The maximum absolute atomic E-state index is 5.86. The predicted molar refractivity (Wildman–Crippen MR) is 77.4 cm³/mol. The van der Waals surface area contributed by atoms with Crippen LogP contribution in [-0.4, -0.2) is 42.0 Å². The van der Waals surface area contributed by atoms with Crippen molar-refractivity contribution in [2.24, 2.45) is 0 Å². The highest BCUT2D eigenvalue weighted by atomic mass is 35.5. The molecule has 0 saturated carbocycles. The normalized spacial score (nSPS) is 26.1. The van der Waals surface area contributed by atoms with Crippen molar-refractivity contribution >= 4 is 11.6 Å². The molecule has 0 unspecified atom stereocenters. The second kappa shape index (κ2) is 6.29. The molecule has 3 nitrogen and oxygen atoms in total. The number of rotatable bonds is 4. The molecule has 2 saturated heterocycles. The molecule has 2 fully saturated rings. The highest BCUT2D eigenvalue weighted by Crippen LogP contribution is 2.23. The number of halogens is 1. The molecule has 0 amide bonds. The minimum absolute atomic E-state index is 0.503. The first-order chi connectivity index (χ1) is 9.31. The van der Waals surface area contributed by atoms with Crippen molar-refractivity contribution in [2.45, 2.75) is 44.7 Å². The zero-order valence-corrected chi connectivity index (χ0v) is 12.2. The Hall–Kier alpha value is -0.510. The highest BCUT2D eigenvalue weighted by molar-refractivity contribution is 6.28. The Bertz CT molecular complexity index is 401. The van der Waals surface area contributed by atoms with Gasteiger partial charge in [0, 0.05) is 12.6 Å². The summed E-state index contributed by atoms with van der Waals surface area (Å²) in [5, 5.41) is 0.503. The molecule has 0 radical (unpaired) electrons. The molecule has 2 aliphatic heterocycles. The molecule has 0 aromatic carbocycles. The minimum Gasteiger partial charge on any atom is -0.448 e. The summed E-state index contributed by atoms with van der Waals surface area (Å²) in [6, 6.07) is 4.54. The molecule has 19 heavy (non-hydrogen) atoms. The lowest BCUT2D eigenvalue weighted by Crippen LogP contribution is -2.45. The van der Waals surface area contributed by atoms with E-state index in [1.54, 1.807) is 0 Å². The van der Waals surface area contributed by atoms with Gasteiger partial charge in [-0.25, -0.2) is 0 Å². The molecule has 0 aliphatic carbocycles. The summed E-state index contributed by atoms with van der Waals surface area (Å²) in [6.45, 7) is 5.91. The predicted octanol–water partition coefficient (Wildman–Crippen LogP) is 3.38. The largest absolute Gasteiger partial charge is 0.448 e. The molecule has 4 heteroatoms. The van der Waals surface area contributed by atoms with Crippen LogP contribution in [0.1, 0.15) is 37.9 Å². The fourth-order valence-electron chi connectivity index (χ4n) is 3.38. The molecular formula is C15H23ClN2O. The smallest absolute Gasteiger partial charge is 0.193 e. The number of likely N-dealkylation sites (tertiary alicyclic amines) is 2. The van der Waals surface area contributed by atoms with Crippen molar-refractivity contribution < 1.29 is 4.42 Å². The fraction of sp³-hybridized carbons (Fsp3) is 0.733. The second-order valence-electron chi connectivity index (χ2n) is 5.83. The summed E-state index contributed by atoms with van der Waals surface area (Å²) < 4.78 is 5.51. The molecule has 106 valence electrons. The van der Waals surface area contributed by atoms with Crippen LogP contribution in [-0.2, 0) is 6.54 Å². The molecule has 2 aliphatic rings. The van der Waals surface area contributed by atoms with Crippen LogP contribution >= 0.6 is 11.6 Å². The van der Waals surface area contributed by atoms with E-state index >= 15 is 0 Å². The van der Waals surface area contributed by atoms with Gasteiger partial charge in [-0.15, -0.1) is 0 Å². The molecular weight excluding hydrogens is 260 g/mol. The van der Waals surface area contributed by atoms with Crippen LogP contribution in [0.3, 0.4) is 0 Å². The number of furan rings is 1. The van der Waals surface area contributed by atoms with Crippen LogP contribution < -0.4 is 0 Å². The summed E-state index contributed by atoms with van der Waals surface area (Å²) in [5.41, 5.74) is 0. The molecule has 0 spiro atoms. The molecule has 3 rings (SSSR count). The Labute approximate surface area is 120 Å². The van der Waals surface area contributed by atoms with E-state index in [9.17, 15) is 0 Å². The average Bonchev–Trinajstić information content (AvgIpc) is 3.04. The number of hydrogen-bond donors (Lipinski definition) is 0. The lowest BCUT2D eigenvalue weighted by Gasteiger charge is -2.37. The van der Waals surface area contributed by atoms with Crippen molar-refractivity contribution in [3.8, 4) is 0 Å². The quantitative estimate of drug-likeness (QED) is 0.844. The van der Waals surface area contributed by atoms with Crippen molar-refractivity contribution in [3.63, 3.8) is 0 Å². The van der Waals surface area contributed by atoms with Crippen LogP contribution in [0.2, 0.25) is 5.22 Å². The molecule has 3 heterocycles. The SMILES string of the molecule is Clc1ccc(CN2CCCC[C@H]2CN2CCCC2)o1. The standard InChI is InChI=1S/C15H23ClN2O/c16-15-7-6-14(19-15)12-18-10-2-1-5-13(18)11-17-8-3-4-9-17/h6-7,13H,1-5,8-12H2/t13-/m0/s1. The van der Waals surface area contributed by atoms with E-state index in [0.29, 0.717) is 11.3 Å². The molecule has 0 N–H and O–H groups in total. The maximum atomic E-state index is 5.86. The van der Waals surface area contributed by atoms with E-state index in [4.69, 9.17) is 16.0 Å². The first-order valence-electron chi connectivity index (χ1n) is 7.52. The van der Waals surface area contributed by atoms with E-state index in [1.807, 2.05) is 12.1 Å². The Balaban J connectivity index is 1.59. The van der Waals surface area contributed by atoms with Crippen LogP contribution in [0.4, 0.5) is 0 Å². The van der Waals surface area contributed by atoms with E-state index in [2.05, 4.69) is 9.80 Å². The molecule has 0 bridgehead atoms. The third-order valence-corrected chi connectivity index (χ3v) is 4.61. The highest BCUT2D eigenvalue weighted by Gasteiger charge is 2.26. The lowest BCUT2D eigenvalue weighted by atomic mass is 10.0. The number of piperidine rings is 1. The van der Waals surface area contributed by atoms with Gasteiger partial charge in [0.25, 0.3) is 0 Å². The Kier molecular flexibility index (Phi) is 4.46. The maximum Gasteiger partial charge on any atom is 0.193 e. The van der Waals surface area contributed by atoms with Crippen LogP contribution in [0.15, 0.2) is 16.5 Å². The first kappa shape index (κ1) is 13.5.